The van der Waals surface area contributed by atoms with Gasteiger partial charge in [0.1, 0.15) is 0 Å². The lowest BCUT2D eigenvalue weighted by Gasteiger charge is -2.14. The maximum atomic E-state index is 12.9. The minimum absolute atomic E-state index is 0.00892. The molecule has 0 aliphatic carbocycles. The average Bonchev–Trinajstić information content (AvgIpc) is 2.71. The molecule has 0 atom stereocenters. The minimum Gasteiger partial charge on any atom is -0.481 e. The van der Waals surface area contributed by atoms with Gasteiger partial charge in [-0.25, -0.2) is 8.42 Å². The van der Waals surface area contributed by atoms with Crippen LogP contribution in [-0.2, 0) is 21.2 Å². The molecule has 0 spiro atoms. The van der Waals surface area contributed by atoms with Crippen LogP contribution in [0.3, 0.4) is 0 Å². The number of thiol groups is 1. The second kappa shape index (κ2) is 9.83. The number of aliphatic carboxylic acids is 1. The van der Waals surface area contributed by atoms with Gasteiger partial charge in [-0.1, -0.05) is 29.3 Å². The molecule has 0 saturated carbocycles. The fourth-order valence-electron chi connectivity index (χ4n) is 2.76. The van der Waals surface area contributed by atoms with Crippen molar-refractivity contribution in [3.05, 3.63) is 81.8 Å². The van der Waals surface area contributed by atoms with E-state index in [2.05, 4.69) is 22.7 Å². The third-order valence-electron chi connectivity index (χ3n) is 4.28. The van der Waals surface area contributed by atoms with Crippen molar-refractivity contribution >= 4 is 69.1 Å². The van der Waals surface area contributed by atoms with E-state index in [0.717, 1.165) is 0 Å². The molecule has 166 valence electrons. The van der Waals surface area contributed by atoms with Gasteiger partial charge in [0, 0.05) is 20.6 Å². The van der Waals surface area contributed by atoms with Crippen LogP contribution in [-0.4, -0.2) is 25.4 Å². The maximum absolute atomic E-state index is 12.9. The van der Waals surface area contributed by atoms with Crippen molar-refractivity contribution in [3.8, 4) is 0 Å². The van der Waals surface area contributed by atoms with Gasteiger partial charge >= 0.3 is 5.97 Å². The van der Waals surface area contributed by atoms with E-state index in [9.17, 15) is 18.0 Å². The smallest absolute Gasteiger partial charge is 0.307 e. The largest absolute Gasteiger partial charge is 0.481 e. The summed E-state index contributed by atoms with van der Waals surface area (Å²) in [5, 5.41) is 12.2. The Morgan fingerprint density at radius 2 is 1.59 bits per heavy atom. The number of hydrogen-bond acceptors (Lipinski definition) is 5. The second-order valence-corrected chi connectivity index (χ2v) is 9.65. The van der Waals surface area contributed by atoms with Gasteiger partial charge in [0.15, 0.2) is 0 Å². The number of benzene rings is 3. The molecular formula is C21H16Cl2N2O5S2. The van der Waals surface area contributed by atoms with Crippen LogP contribution >= 0.6 is 35.8 Å². The Morgan fingerprint density at radius 1 is 0.938 bits per heavy atom. The lowest BCUT2D eigenvalue weighted by atomic mass is 10.1. The quantitative estimate of drug-likeness (QED) is 0.335. The third-order valence-corrected chi connectivity index (χ3v) is 6.56. The summed E-state index contributed by atoms with van der Waals surface area (Å²) in [4.78, 5) is 24.1. The van der Waals surface area contributed by atoms with Crippen LogP contribution in [0.1, 0.15) is 15.9 Å². The summed E-state index contributed by atoms with van der Waals surface area (Å²) < 4.78 is 27.8. The zero-order valence-electron chi connectivity index (χ0n) is 16.2. The van der Waals surface area contributed by atoms with E-state index in [-0.39, 0.29) is 27.6 Å². The number of amides is 1. The van der Waals surface area contributed by atoms with Crippen LogP contribution in [0.5, 0.6) is 0 Å². The zero-order valence-corrected chi connectivity index (χ0v) is 19.4. The third kappa shape index (κ3) is 5.95. The Hall–Kier alpha value is -2.72. The van der Waals surface area contributed by atoms with Crippen LogP contribution in [0.15, 0.2) is 70.5 Å². The van der Waals surface area contributed by atoms with Crippen LogP contribution in [0.4, 0.5) is 11.4 Å². The minimum atomic E-state index is -4.00. The number of halogens is 2. The van der Waals surface area contributed by atoms with Crippen molar-refractivity contribution in [2.24, 2.45) is 0 Å². The number of hydrogen-bond donors (Lipinski definition) is 4. The fraction of sp³-hybridized carbons (Fsp3) is 0.0476. The van der Waals surface area contributed by atoms with Crippen LogP contribution < -0.4 is 10.0 Å². The van der Waals surface area contributed by atoms with Crippen LogP contribution in [0.2, 0.25) is 10.0 Å². The first kappa shape index (κ1) is 23.9. The molecular weight excluding hydrogens is 495 g/mol. The molecule has 0 bridgehead atoms. The summed E-state index contributed by atoms with van der Waals surface area (Å²) >= 11 is 16.1. The molecule has 0 radical (unpaired) electrons. The highest BCUT2D eigenvalue weighted by Gasteiger charge is 2.20. The topological polar surface area (TPSA) is 113 Å². The second-order valence-electron chi connectivity index (χ2n) is 6.62. The molecule has 11 heteroatoms. The van der Waals surface area contributed by atoms with Gasteiger partial charge in [-0.15, -0.1) is 12.6 Å². The van der Waals surface area contributed by atoms with Crippen molar-refractivity contribution in [2.45, 2.75) is 16.2 Å². The average molecular weight is 511 g/mol. The number of rotatable bonds is 7. The highest BCUT2D eigenvalue weighted by Crippen LogP contribution is 2.26. The van der Waals surface area contributed by atoms with E-state index < -0.39 is 21.9 Å². The SMILES string of the molecule is O=C(O)Cc1ccc(NC(=O)c2cc(Cl)ccc2NS(=O)(=O)c2ccc(Cl)cc2)cc1S. The van der Waals surface area contributed by atoms with E-state index in [1.807, 2.05) is 0 Å². The maximum Gasteiger partial charge on any atom is 0.307 e. The highest BCUT2D eigenvalue weighted by atomic mass is 35.5. The molecule has 3 aromatic carbocycles. The van der Waals surface area contributed by atoms with Gasteiger partial charge in [0.2, 0.25) is 0 Å². The van der Waals surface area contributed by atoms with Crippen LogP contribution in [0, 0.1) is 0 Å². The lowest BCUT2D eigenvalue weighted by Crippen LogP contribution is -2.18. The Bertz CT molecular complexity index is 1300. The predicted octanol–water partition coefficient (Wildman–Crippen LogP) is 4.96. The molecule has 0 aliphatic rings. The van der Waals surface area contributed by atoms with Gasteiger partial charge in [0.25, 0.3) is 15.9 Å². The van der Waals surface area contributed by atoms with E-state index in [1.165, 1.54) is 60.7 Å². The van der Waals surface area contributed by atoms with Crippen molar-refractivity contribution in [1.82, 2.24) is 0 Å². The molecule has 32 heavy (non-hydrogen) atoms. The monoisotopic (exact) mass is 510 g/mol. The number of anilines is 2. The Morgan fingerprint density at radius 3 is 2.22 bits per heavy atom. The van der Waals surface area contributed by atoms with E-state index in [4.69, 9.17) is 28.3 Å². The van der Waals surface area contributed by atoms with Gasteiger partial charge < -0.3 is 10.4 Å². The van der Waals surface area contributed by atoms with E-state index >= 15 is 0 Å². The molecule has 0 fully saturated rings. The molecule has 3 rings (SSSR count). The first-order valence-electron chi connectivity index (χ1n) is 8.98. The number of carboxylic acids is 1. The van der Waals surface area contributed by atoms with Gasteiger partial charge in [0.05, 0.1) is 22.6 Å². The normalized spacial score (nSPS) is 11.1. The molecule has 1 amide bonds. The summed E-state index contributed by atoms with van der Waals surface area (Å²) in [7, 11) is -4.00. The number of carboxylic acid groups (broad SMARTS) is 1. The zero-order chi connectivity index (χ0) is 23.5. The molecule has 0 aliphatic heterocycles. The number of sulfonamides is 1. The molecule has 3 aromatic rings. The number of carbonyl (C=O) groups excluding carboxylic acids is 1. The van der Waals surface area contributed by atoms with Crippen molar-refractivity contribution < 1.29 is 23.1 Å². The Kier molecular flexibility index (Phi) is 7.35. The predicted molar refractivity (Wildman–Crippen MR) is 127 cm³/mol. The fourth-order valence-corrected chi connectivity index (χ4v) is 4.43. The van der Waals surface area contributed by atoms with Crippen molar-refractivity contribution in [3.63, 3.8) is 0 Å². The van der Waals surface area contributed by atoms with Gasteiger partial charge in [-0.3, -0.25) is 14.3 Å². The number of carbonyl (C=O) groups is 2. The standard InChI is InChI=1S/C21H16Cl2N2O5S2/c22-13-2-6-16(7-3-13)32(29,30)25-18-8-4-14(23)10-17(18)21(28)24-15-5-1-12(9-20(26)27)19(31)11-15/h1-8,10-11,25,31H,9H2,(H,24,28)(H,26,27). The summed E-state index contributed by atoms with van der Waals surface area (Å²) in [6.07, 6.45) is -0.210. The number of nitrogens with one attached hydrogen (secondary N) is 2. The molecule has 0 unspecified atom stereocenters. The summed E-state index contributed by atoms with van der Waals surface area (Å²) in [6.45, 7) is 0. The van der Waals surface area contributed by atoms with E-state index in [1.54, 1.807) is 0 Å². The lowest BCUT2D eigenvalue weighted by molar-refractivity contribution is -0.136. The van der Waals surface area contributed by atoms with Gasteiger partial charge in [-0.05, 0) is 60.2 Å². The van der Waals surface area contributed by atoms with Crippen LogP contribution in [0.25, 0.3) is 0 Å². The summed E-state index contributed by atoms with van der Waals surface area (Å²) in [5.41, 5.74) is 0.847. The first-order valence-corrected chi connectivity index (χ1v) is 11.7. The Labute approximate surface area is 199 Å². The van der Waals surface area contributed by atoms with E-state index in [0.29, 0.717) is 21.2 Å². The molecule has 3 N–H and O–H groups in total. The first-order chi connectivity index (χ1) is 15.0. The molecule has 0 saturated heterocycles. The van der Waals surface area contributed by atoms with Crippen molar-refractivity contribution in [2.75, 3.05) is 10.0 Å². The Balaban J connectivity index is 1.87. The summed E-state index contributed by atoms with van der Waals surface area (Å²) in [5.74, 6) is -1.63. The molecule has 0 heterocycles. The van der Waals surface area contributed by atoms with Gasteiger partial charge in [-0.2, -0.15) is 0 Å². The van der Waals surface area contributed by atoms with Crippen molar-refractivity contribution in [1.29, 1.82) is 0 Å². The highest BCUT2D eigenvalue weighted by molar-refractivity contribution is 7.92. The molecule has 7 nitrogen and oxygen atoms in total. The molecule has 0 aromatic heterocycles. The summed E-state index contributed by atoms with van der Waals surface area (Å²) in [6, 6.07) is 14.3.